The topological polar surface area (TPSA) is 69.6 Å². The number of aliphatic hydroxyl groups is 1. The van der Waals surface area contributed by atoms with E-state index >= 15 is 0 Å². The molecule has 0 aromatic rings. The van der Waals surface area contributed by atoms with Crippen LogP contribution in [0.2, 0.25) is 0 Å². The summed E-state index contributed by atoms with van der Waals surface area (Å²) in [5.74, 6) is 0.789. The van der Waals surface area contributed by atoms with Gasteiger partial charge in [-0.15, -0.1) is 0 Å². The molecule has 2 N–H and O–H groups in total. The Morgan fingerprint density at radius 1 is 1.05 bits per heavy atom. The van der Waals surface area contributed by atoms with E-state index in [0.717, 1.165) is 19.3 Å². The van der Waals surface area contributed by atoms with E-state index < -0.39 is 10.2 Å². The van der Waals surface area contributed by atoms with Crippen molar-refractivity contribution in [3.63, 3.8) is 0 Å². The van der Waals surface area contributed by atoms with Crippen LogP contribution in [0.25, 0.3) is 0 Å². The van der Waals surface area contributed by atoms with Crippen LogP contribution >= 0.6 is 0 Å². The third-order valence-corrected chi connectivity index (χ3v) is 6.22. The first-order chi connectivity index (χ1) is 9.62. The number of aliphatic hydroxyl groups excluding tert-OH is 1. The average Bonchev–Trinajstić information content (AvgIpc) is 2.48. The van der Waals surface area contributed by atoms with Crippen LogP contribution in [0.5, 0.6) is 0 Å². The molecule has 2 rings (SSSR count). The Labute approximate surface area is 122 Å². The predicted molar refractivity (Wildman–Crippen MR) is 79.5 cm³/mol. The zero-order valence-corrected chi connectivity index (χ0v) is 13.1. The molecule has 0 aromatic heterocycles. The average molecular weight is 304 g/mol. The van der Waals surface area contributed by atoms with Crippen LogP contribution in [0.3, 0.4) is 0 Å². The lowest BCUT2D eigenvalue weighted by Crippen LogP contribution is -2.47. The van der Waals surface area contributed by atoms with E-state index in [1.165, 1.54) is 36.4 Å². The Balaban J connectivity index is 1.75. The molecule has 1 saturated heterocycles. The van der Waals surface area contributed by atoms with Gasteiger partial charge in [-0.25, -0.2) is 4.72 Å². The normalized spacial score (nSPS) is 26.8. The Bertz CT molecular complexity index is 380. The van der Waals surface area contributed by atoms with Crippen LogP contribution in [0.4, 0.5) is 0 Å². The smallest absolute Gasteiger partial charge is 0.279 e. The van der Waals surface area contributed by atoms with Crippen LogP contribution in [0.15, 0.2) is 0 Å². The summed E-state index contributed by atoms with van der Waals surface area (Å²) in [7, 11) is -3.35. The molecule has 0 aromatic carbocycles. The monoisotopic (exact) mass is 304 g/mol. The van der Waals surface area contributed by atoms with Gasteiger partial charge in [0.2, 0.25) is 0 Å². The molecule has 1 unspecified atom stereocenters. The van der Waals surface area contributed by atoms with Gasteiger partial charge in [-0.05, 0) is 31.1 Å². The summed E-state index contributed by atoms with van der Waals surface area (Å²) < 4.78 is 28.7. The zero-order chi connectivity index (χ0) is 14.4. The molecule has 2 fully saturated rings. The highest BCUT2D eigenvalue weighted by Gasteiger charge is 2.28. The molecule has 0 amide bonds. The first kappa shape index (κ1) is 16.2. The fourth-order valence-corrected chi connectivity index (χ4v) is 4.69. The fourth-order valence-electron chi connectivity index (χ4n) is 3.35. The third kappa shape index (κ3) is 4.69. The molecule has 118 valence electrons. The first-order valence-electron chi connectivity index (χ1n) is 7.97. The van der Waals surface area contributed by atoms with E-state index in [0.29, 0.717) is 25.6 Å². The third-order valence-electron chi connectivity index (χ3n) is 4.64. The van der Waals surface area contributed by atoms with Crippen LogP contribution in [0.1, 0.15) is 51.4 Å². The highest BCUT2D eigenvalue weighted by Crippen LogP contribution is 2.26. The van der Waals surface area contributed by atoms with E-state index in [2.05, 4.69) is 4.72 Å². The molecule has 0 bridgehead atoms. The maximum Gasteiger partial charge on any atom is 0.279 e. The highest BCUT2D eigenvalue weighted by atomic mass is 32.2. The Morgan fingerprint density at radius 3 is 2.45 bits per heavy atom. The SMILES string of the molecule is O=S(=O)(NCCC1CCCCC1)N1CCCC(CO)C1. The van der Waals surface area contributed by atoms with Gasteiger partial charge in [0.05, 0.1) is 0 Å². The molecule has 20 heavy (non-hydrogen) atoms. The van der Waals surface area contributed by atoms with Crippen molar-refractivity contribution < 1.29 is 13.5 Å². The molecular formula is C14H28N2O3S. The van der Waals surface area contributed by atoms with Crippen molar-refractivity contribution in [1.29, 1.82) is 0 Å². The van der Waals surface area contributed by atoms with Crippen LogP contribution < -0.4 is 4.72 Å². The lowest BCUT2D eigenvalue weighted by atomic mass is 9.87. The quantitative estimate of drug-likeness (QED) is 0.781. The lowest BCUT2D eigenvalue weighted by Gasteiger charge is -2.31. The Kier molecular flexibility index (Phi) is 6.26. The van der Waals surface area contributed by atoms with Crippen molar-refractivity contribution in [2.45, 2.75) is 51.4 Å². The summed E-state index contributed by atoms with van der Waals surface area (Å²) >= 11 is 0. The Morgan fingerprint density at radius 2 is 1.75 bits per heavy atom. The van der Waals surface area contributed by atoms with Crippen molar-refractivity contribution in [3.8, 4) is 0 Å². The number of nitrogens with one attached hydrogen (secondary N) is 1. The van der Waals surface area contributed by atoms with Gasteiger partial charge in [0.1, 0.15) is 0 Å². The minimum absolute atomic E-state index is 0.0775. The molecule has 5 nitrogen and oxygen atoms in total. The minimum atomic E-state index is -3.35. The lowest BCUT2D eigenvalue weighted by molar-refractivity contribution is 0.164. The summed E-state index contributed by atoms with van der Waals surface area (Å²) in [4.78, 5) is 0. The number of hydrogen-bond donors (Lipinski definition) is 2. The van der Waals surface area contributed by atoms with Gasteiger partial charge in [0.25, 0.3) is 10.2 Å². The zero-order valence-electron chi connectivity index (χ0n) is 12.3. The summed E-state index contributed by atoms with van der Waals surface area (Å²) in [6.45, 7) is 1.66. The second-order valence-electron chi connectivity index (χ2n) is 6.24. The fraction of sp³-hybridized carbons (Fsp3) is 1.00. The molecule has 2 aliphatic rings. The molecule has 1 aliphatic carbocycles. The summed E-state index contributed by atoms with van der Waals surface area (Å²) in [5, 5.41) is 9.18. The van der Waals surface area contributed by atoms with Gasteiger partial charge in [-0.1, -0.05) is 32.1 Å². The van der Waals surface area contributed by atoms with Gasteiger partial charge in [-0.3, -0.25) is 0 Å². The van der Waals surface area contributed by atoms with E-state index in [9.17, 15) is 13.5 Å². The van der Waals surface area contributed by atoms with E-state index in [4.69, 9.17) is 0 Å². The molecular weight excluding hydrogens is 276 g/mol. The Hall–Kier alpha value is -0.170. The standard InChI is InChI=1S/C14H28N2O3S/c17-12-14-7-4-10-16(11-14)20(18,19)15-9-8-13-5-2-1-3-6-13/h13-15,17H,1-12H2. The van der Waals surface area contributed by atoms with Crippen molar-refractivity contribution in [1.82, 2.24) is 9.03 Å². The summed E-state index contributed by atoms with van der Waals surface area (Å²) in [5.41, 5.74) is 0. The maximum absolute atomic E-state index is 12.2. The largest absolute Gasteiger partial charge is 0.396 e. The van der Waals surface area contributed by atoms with Gasteiger partial charge in [-0.2, -0.15) is 12.7 Å². The van der Waals surface area contributed by atoms with Crippen LogP contribution in [0, 0.1) is 11.8 Å². The van der Waals surface area contributed by atoms with E-state index in [1.807, 2.05) is 0 Å². The predicted octanol–water partition coefficient (Wildman–Crippen LogP) is 1.50. The minimum Gasteiger partial charge on any atom is -0.396 e. The van der Waals surface area contributed by atoms with Crippen molar-refractivity contribution in [2.24, 2.45) is 11.8 Å². The second kappa shape index (κ2) is 7.73. The van der Waals surface area contributed by atoms with Crippen molar-refractivity contribution in [3.05, 3.63) is 0 Å². The molecule has 1 saturated carbocycles. The second-order valence-corrected chi connectivity index (χ2v) is 8.00. The number of hydrogen-bond acceptors (Lipinski definition) is 3. The molecule has 6 heteroatoms. The van der Waals surface area contributed by atoms with Crippen molar-refractivity contribution in [2.75, 3.05) is 26.2 Å². The van der Waals surface area contributed by atoms with Gasteiger partial charge in [0.15, 0.2) is 0 Å². The summed E-state index contributed by atoms with van der Waals surface area (Å²) in [6, 6.07) is 0. The van der Waals surface area contributed by atoms with E-state index in [-0.39, 0.29) is 12.5 Å². The number of piperidine rings is 1. The number of rotatable bonds is 6. The molecule has 1 atom stereocenters. The molecule has 0 spiro atoms. The molecule has 1 aliphatic heterocycles. The molecule has 0 radical (unpaired) electrons. The van der Waals surface area contributed by atoms with Crippen LogP contribution in [-0.4, -0.2) is 44.1 Å². The first-order valence-corrected chi connectivity index (χ1v) is 9.41. The number of nitrogens with zero attached hydrogens (tertiary/aromatic N) is 1. The van der Waals surface area contributed by atoms with Crippen LogP contribution in [-0.2, 0) is 10.2 Å². The van der Waals surface area contributed by atoms with E-state index in [1.54, 1.807) is 0 Å². The van der Waals surface area contributed by atoms with Gasteiger partial charge >= 0.3 is 0 Å². The maximum atomic E-state index is 12.2. The highest BCUT2D eigenvalue weighted by molar-refractivity contribution is 7.87. The molecule has 1 heterocycles. The van der Waals surface area contributed by atoms with Gasteiger partial charge in [0, 0.05) is 26.2 Å². The van der Waals surface area contributed by atoms with Gasteiger partial charge < -0.3 is 5.11 Å². The summed E-state index contributed by atoms with van der Waals surface area (Å²) in [6.07, 6.45) is 9.13. The van der Waals surface area contributed by atoms with Crippen molar-refractivity contribution >= 4 is 10.2 Å².